The molecule has 1 aromatic heterocycles. The number of nitrogens with zero attached hydrogens (tertiary/aromatic N) is 3. The van der Waals surface area contributed by atoms with Gasteiger partial charge in [-0.05, 0) is 12.1 Å². The van der Waals surface area contributed by atoms with Crippen LogP contribution in [0.4, 0.5) is 0 Å². The van der Waals surface area contributed by atoms with Crippen LogP contribution >= 0.6 is 0 Å². The molecular weight excluding hydrogens is 262 g/mol. The molecule has 0 fully saturated rings. The molecule has 1 unspecified atom stereocenters. The Kier molecular flexibility index (Phi) is 4.67. The second kappa shape index (κ2) is 6.47. The summed E-state index contributed by atoms with van der Waals surface area (Å²) in [5.41, 5.74) is 1.67. The number of benzene rings is 1. The van der Waals surface area contributed by atoms with Gasteiger partial charge in [0.2, 0.25) is 0 Å². The van der Waals surface area contributed by atoms with Gasteiger partial charge in [0.25, 0.3) is 0 Å². The van der Waals surface area contributed by atoms with Crippen LogP contribution < -0.4 is 4.74 Å². The fourth-order valence-electron chi connectivity index (χ4n) is 1.98. The van der Waals surface area contributed by atoms with E-state index in [1.807, 2.05) is 18.2 Å². The van der Waals surface area contributed by atoms with E-state index < -0.39 is 6.10 Å². The summed E-state index contributed by atoms with van der Waals surface area (Å²) in [6.07, 6.45) is -0.948. The van der Waals surface area contributed by atoms with Gasteiger partial charge in [0, 0.05) is 5.56 Å². The van der Waals surface area contributed by atoms with Gasteiger partial charge in [0.15, 0.2) is 0 Å². The van der Waals surface area contributed by atoms with Crippen LogP contribution in [-0.4, -0.2) is 50.1 Å². The number of aliphatic hydroxyl groups is 3. The topological polar surface area (TPSA) is 101 Å². The quantitative estimate of drug-likeness (QED) is 0.677. The second-order valence-corrected chi connectivity index (χ2v) is 4.26. The Hall–Kier alpha value is -1.96. The van der Waals surface area contributed by atoms with E-state index in [4.69, 9.17) is 9.84 Å². The molecule has 0 radical (unpaired) electrons. The lowest BCUT2D eigenvalue weighted by Crippen LogP contribution is -2.21. The van der Waals surface area contributed by atoms with Gasteiger partial charge in [-0.2, -0.15) is 0 Å². The minimum atomic E-state index is -0.948. The van der Waals surface area contributed by atoms with E-state index in [0.29, 0.717) is 22.7 Å². The van der Waals surface area contributed by atoms with Gasteiger partial charge in [-0.3, -0.25) is 0 Å². The van der Waals surface area contributed by atoms with Crippen molar-refractivity contribution in [3.63, 3.8) is 0 Å². The van der Waals surface area contributed by atoms with Crippen LogP contribution in [0.3, 0.4) is 0 Å². The fraction of sp³-hybridized carbons (Fsp3) is 0.385. The highest BCUT2D eigenvalue weighted by atomic mass is 16.5. The fourth-order valence-corrected chi connectivity index (χ4v) is 1.98. The molecule has 1 heterocycles. The van der Waals surface area contributed by atoms with Crippen LogP contribution in [0.1, 0.15) is 5.69 Å². The zero-order valence-electron chi connectivity index (χ0n) is 11.1. The molecule has 0 saturated heterocycles. The van der Waals surface area contributed by atoms with Crippen molar-refractivity contribution in [3.05, 3.63) is 30.0 Å². The predicted octanol–water partition coefficient (Wildman–Crippen LogP) is -0.201. The maximum atomic E-state index is 9.56. The second-order valence-electron chi connectivity index (χ2n) is 4.26. The minimum absolute atomic E-state index is 0.0802. The lowest BCUT2D eigenvalue weighted by Gasteiger charge is -2.13. The highest BCUT2D eigenvalue weighted by molar-refractivity contribution is 5.69. The summed E-state index contributed by atoms with van der Waals surface area (Å²) in [4.78, 5) is 0. The van der Waals surface area contributed by atoms with Crippen LogP contribution in [0, 0.1) is 0 Å². The Morgan fingerprint density at radius 2 is 2.05 bits per heavy atom. The van der Waals surface area contributed by atoms with E-state index in [2.05, 4.69) is 10.3 Å². The van der Waals surface area contributed by atoms with Crippen LogP contribution in [0.25, 0.3) is 11.3 Å². The SMILES string of the molecule is COc1ccccc1-c1c(CO)nnn1CC(O)CO. The van der Waals surface area contributed by atoms with Crippen LogP contribution in [0.15, 0.2) is 24.3 Å². The lowest BCUT2D eigenvalue weighted by atomic mass is 10.1. The molecule has 0 bridgehead atoms. The van der Waals surface area contributed by atoms with E-state index >= 15 is 0 Å². The predicted molar refractivity (Wildman–Crippen MR) is 71.0 cm³/mol. The molecule has 3 N–H and O–H groups in total. The van der Waals surface area contributed by atoms with Crippen LogP contribution in [0.5, 0.6) is 5.75 Å². The third-order valence-electron chi connectivity index (χ3n) is 2.91. The molecule has 7 nitrogen and oxygen atoms in total. The summed E-state index contributed by atoms with van der Waals surface area (Å²) < 4.78 is 6.74. The van der Waals surface area contributed by atoms with E-state index in [1.54, 1.807) is 13.2 Å². The molecular formula is C13H17N3O4. The van der Waals surface area contributed by atoms with Gasteiger partial charge in [-0.15, -0.1) is 5.10 Å². The lowest BCUT2D eigenvalue weighted by molar-refractivity contribution is 0.0782. The molecule has 1 aromatic carbocycles. The molecule has 2 aromatic rings. The van der Waals surface area contributed by atoms with Crippen molar-refractivity contribution in [1.29, 1.82) is 0 Å². The first-order valence-electron chi connectivity index (χ1n) is 6.16. The van der Waals surface area contributed by atoms with Crippen molar-refractivity contribution in [2.45, 2.75) is 19.3 Å². The monoisotopic (exact) mass is 279 g/mol. The van der Waals surface area contributed by atoms with Gasteiger partial charge in [-0.1, -0.05) is 17.3 Å². The van der Waals surface area contributed by atoms with Gasteiger partial charge in [0.1, 0.15) is 11.4 Å². The molecule has 0 aliphatic carbocycles. The summed E-state index contributed by atoms with van der Waals surface area (Å²) in [6, 6.07) is 7.27. The van der Waals surface area contributed by atoms with Crippen molar-refractivity contribution in [1.82, 2.24) is 15.0 Å². The molecule has 108 valence electrons. The first-order chi connectivity index (χ1) is 9.71. The van der Waals surface area contributed by atoms with Gasteiger partial charge >= 0.3 is 0 Å². The van der Waals surface area contributed by atoms with Crippen molar-refractivity contribution >= 4 is 0 Å². The Bertz CT molecular complexity index is 570. The average molecular weight is 279 g/mol. The number of rotatable bonds is 6. The Labute approximate surface area is 116 Å². The van der Waals surface area contributed by atoms with E-state index in [-0.39, 0.29) is 19.8 Å². The molecule has 0 saturated carbocycles. The summed E-state index contributed by atoms with van der Waals surface area (Å²) in [6.45, 7) is -0.570. The Morgan fingerprint density at radius 1 is 1.30 bits per heavy atom. The normalized spacial score (nSPS) is 12.4. The summed E-state index contributed by atoms with van der Waals surface area (Å²) >= 11 is 0. The highest BCUT2D eigenvalue weighted by Gasteiger charge is 2.19. The molecule has 0 spiro atoms. The third kappa shape index (κ3) is 2.79. The highest BCUT2D eigenvalue weighted by Crippen LogP contribution is 2.31. The van der Waals surface area contributed by atoms with Gasteiger partial charge < -0.3 is 20.1 Å². The zero-order chi connectivity index (χ0) is 14.5. The van der Waals surface area contributed by atoms with E-state index in [1.165, 1.54) is 4.68 Å². The van der Waals surface area contributed by atoms with E-state index in [9.17, 15) is 10.2 Å². The number of aliphatic hydroxyl groups excluding tert-OH is 3. The average Bonchev–Trinajstić information content (AvgIpc) is 2.89. The molecule has 0 aliphatic rings. The minimum Gasteiger partial charge on any atom is -0.496 e. The maximum Gasteiger partial charge on any atom is 0.128 e. The standard InChI is InChI=1S/C13H17N3O4/c1-20-12-5-3-2-4-10(12)13-11(8-18)14-15-16(13)6-9(19)7-17/h2-5,9,17-19H,6-8H2,1H3. The summed E-state index contributed by atoms with van der Waals surface area (Å²) in [5, 5.41) is 35.7. The molecule has 1 atom stereocenters. The van der Waals surface area contributed by atoms with Crippen molar-refractivity contribution in [3.8, 4) is 17.0 Å². The first-order valence-corrected chi connectivity index (χ1v) is 6.16. The number of ether oxygens (including phenoxy) is 1. The van der Waals surface area contributed by atoms with Gasteiger partial charge in [0.05, 0.1) is 38.7 Å². The first kappa shape index (κ1) is 14.4. The Balaban J connectivity index is 2.50. The zero-order valence-corrected chi connectivity index (χ0v) is 11.1. The number of hydrogen-bond donors (Lipinski definition) is 3. The number of methoxy groups -OCH3 is 1. The molecule has 7 heteroatoms. The number of hydrogen-bond acceptors (Lipinski definition) is 6. The Morgan fingerprint density at radius 3 is 2.70 bits per heavy atom. The van der Waals surface area contributed by atoms with Crippen molar-refractivity contribution in [2.75, 3.05) is 13.7 Å². The molecule has 20 heavy (non-hydrogen) atoms. The molecule has 0 aliphatic heterocycles. The summed E-state index contributed by atoms with van der Waals surface area (Å²) in [5.74, 6) is 0.615. The molecule has 0 amide bonds. The molecule has 2 rings (SSSR count). The smallest absolute Gasteiger partial charge is 0.128 e. The third-order valence-corrected chi connectivity index (χ3v) is 2.91. The van der Waals surface area contributed by atoms with Crippen molar-refractivity contribution in [2.24, 2.45) is 0 Å². The largest absolute Gasteiger partial charge is 0.496 e. The van der Waals surface area contributed by atoms with Crippen LogP contribution in [-0.2, 0) is 13.2 Å². The summed E-state index contributed by atoms with van der Waals surface area (Å²) in [7, 11) is 1.55. The maximum absolute atomic E-state index is 9.56. The van der Waals surface area contributed by atoms with Gasteiger partial charge in [-0.25, -0.2) is 4.68 Å². The number of para-hydroxylation sites is 1. The van der Waals surface area contributed by atoms with Crippen molar-refractivity contribution < 1.29 is 20.1 Å². The number of aromatic nitrogens is 3. The van der Waals surface area contributed by atoms with Crippen LogP contribution in [0.2, 0.25) is 0 Å². The van der Waals surface area contributed by atoms with E-state index in [0.717, 1.165) is 0 Å².